The molecule has 0 atom stereocenters. The van der Waals surface area contributed by atoms with Gasteiger partial charge in [-0.05, 0) is 47.8 Å². The van der Waals surface area contributed by atoms with Gasteiger partial charge in [0.05, 0.1) is 5.69 Å². The molecule has 2 N–H and O–H groups in total. The van der Waals surface area contributed by atoms with Crippen molar-refractivity contribution in [2.24, 2.45) is 5.73 Å². The number of nitrogens with zero attached hydrogens (tertiary/aromatic N) is 2. The lowest BCUT2D eigenvalue weighted by molar-refractivity contribution is 0.601. The zero-order valence-electron chi connectivity index (χ0n) is 10.3. The Bertz CT molecular complexity index is 375. The lowest BCUT2D eigenvalue weighted by Crippen LogP contribution is -2.38. The first-order valence-electron chi connectivity index (χ1n) is 6.32. The van der Waals surface area contributed by atoms with Crippen molar-refractivity contribution in [2.75, 3.05) is 18.0 Å². The smallest absolute Gasteiger partial charge is 0.129 e. The summed E-state index contributed by atoms with van der Waals surface area (Å²) < 4.78 is 1.07. The summed E-state index contributed by atoms with van der Waals surface area (Å²) in [6, 6.07) is 4.80. The molecule has 2 rings (SSSR count). The maximum absolute atomic E-state index is 5.72. The van der Waals surface area contributed by atoms with Crippen molar-refractivity contribution in [1.82, 2.24) is 4.98 Å². The molecule has 0 amide bonds. The molecule has 94 valence electrons. The van der Waals surface area contributed by atoms with E-state index in [1.54, 1.807) is 0 Å². The number of pyridine rings is 1. The van der Waals surface area contributed by atoms with Gasteiger partial charge in [-0.1, -0.05) is 12.8 Å². The Labute approximate surface area is 112 Å². The van der Waals surface area contributed by atoms with Crippen LogP contribution in [-0.4, -0.2) is 24.1 Å². The van der Waals surface area contributed by atoms with Crippen LogP contribution in [0.1, 0.15) is 31.4 Å². The van der Waals surface area contributed by atoms with Gasteiger partial charge in [0.15, 0.2) is 0 Å². The largest absolute Gasteiger partial charge is 0.352 e. The highest BCUT2D eigenvalue weighted by Gasteiger charge is 2.23. The van der Waals surface area contributed by atoms with Gasteiger partial charge in [-0.3, -0.25) is 0 Å². The fourth-order valence-corrected chi connectivity index (χ4v) is 2.75. The van der Waals surface area contributed by atoms with Crippen molar-refractivity contribution in [3.05, 3.63) is 22.3 Å². The van der Waals surface area contributed by atoms with E-state index < -0.39 is 0 Å². The van der Waals surface area contributed by atoms with E-state index in [0.29, 0.717) is 12.6 Å². The van der Waals surface area contributed by atoms with Gasteiger partial charge in [0.1, 0.15) is 5.82 Å². The van der Waals surface area contributed by atoms with Gasteiger partial charge >= 0.3 is 0 Å². The van der Waals surface area contributed by atoms with E-state index in [0.717, 1.165) is 22.5 Å². The van der Waals surface area contributed by atoms with Crippen molar-refractivity contribution in [3.63, 3.8) is 0 Å². The number of anilines is 1. The number of nitrogens with two attached hydrogens (primary N) is 1. The zero-order valence-corrected chi connectivity index (χ0v) is 11.9. The topological polar surface area (TPSA) is 42.2 Å². The first kappa shape index (κ1) is 12.8. The number of rotatable bonds is 4. The van der Waals surface area contributed by atoms with E-state index >= 15 is 0 Å². The molecule has 0 aliphatic heterocycles. The highest BCUT2D eigenvalue weighted by atomic mass is 79.9. The third-order valence-corrected chi connectivity index (χ3v) is 4.27. The molecule has 0 aromatic carbocycles. The number of aromatic nitrogens is 1. The SMILES string of the molecule is Cc1nc(N(CCN)C2CCCC2)ccc1Br. The van der Waals surface area contributed by atoms with E-state index in [4.69, 9.17) is 5.73 Å². The fourth-order valence-electron chi connectivity index (χ4n) is 2.53. The van der Waals surface area contributed by atoms with Crippen molar-refractivity contribution in [3.8, 4) is 0 Å². The number of hydrogen-bond donors (Lipinski definition) is 1. The molecule has 3 nitrogen and oxygen atoms in total. The summed E-state index contributed by atoms with van der Waals surface area (Å²) in [4.78, 5) is 7.04. The lowest BCUT2D eigenvalue weighted by atomic mass is 10.2. The molecule has 1 aliphatic carbocycles. The number of halogens is 1. The Balaban J connectivity index is 2.21. The molecule has 1 saturated carbocycles. The highest BCUT2D eigenvalue weighted by molar-refractivity contribution is 9.10. The Hall–Kier alpha value is -0.610. The molecule has 1 heterocycles. The van der Waals surface area contributed by atoms with Crippen molar-refractivity contribution in [1.29, 1.82) is 0 Å². The van der Waals surface area contributed by atoms with Crippen LogP contribution >= 0.6 is 15.9 Å². The molecule has 0 bridgehead atoms. The van der Waals surface area contributed by atoms with Crippen LogP contribution in [0, 0.1) is 6.92 Å². The van der Waals surface area contributed by atoms with E-state index in [9.17, 15) is 0 Å². The fraction of sp³-hybridized carbons (Fsp3) is 0.615. The van der Waals surface area contributed by atoms with Crippen molar-refractivity contribution >= 4 is 21.7 Å². The van der Waals surface area contributed by atoms with Gasteiger partial charge < -0.3 is 10.6 Å². The van der Waals surface area contributed by atoms with Crippen LogP contribution in [0.25, 0.3) is 0 Å². The molecule has 0 spiro atoms. The maximum atomic E-state index is 5.72. The standard InChI is InChI=1S/C13H20BrN3/c1-10-12(14)6-7-13(16-10)17(9-8-15)11-4-2-3-5-11/h6-7,11H,2-5,8-9,15H2,1H3. The van der Waals surface area contributed by atoms with Gasteiger partial charge in [0, 0.05) is 23.6 Å². The van der Waals surface area contributed by atoms with Crippen molar-refractivity contribution in [2.45, 2.75) is 38.6 Å². The lowest BCUT2D eigenvalue weighted by Gasteiger charge is -2.30. The molecule has 1 fully saturated rings. The van der Waals surface area contributed by atoms with Gasteiger partial charge in [0.25, 0.3) is 0 Å². The minimum absolute atomic E-state index is 0.631. The molecule has 1 aliphatic rings. The first-order valence-corrected chi connectivity index (χ1v) is 7.11. The summed E-state index contributed by atoms with van der Waals surface area (Å²) in [5.74, 6) is 1.07. The van der Waals surface area contributed by atoms with Crippen LogP contribution in [0.3, 0.4) is 0 Å². The Morgan fingerprint density at radius 2 is 2.12 bits per heavy atom. The van der Waals surface area contributed by atoms with Crippen molar-refractivity contribution < 1.29 is 0 Å². The van der Waals surface area contributed by atoms with E-state index in [-0.39, 0.29) is 0 Å². The second-order valence-corrected chi connectivity index (χ2v) is 5.51. The third-order valence-electron chi connectivity index (χ3n) is 3.44. The minimum atomic E-state index is 0.631. The van der Waals surface area contributed by atoms with Crippen LogP contribution < -0.4 is 10.6 Å². The molecule has 0 unspecified atom stereocenters. The summed E-state index contributed by atoms with van der Waals surface area (Å²) in [5.41, 5.74) is 6.77. The maximum Gasteiger partial charge on any atom is 0.129 e. The third kappa shape index (κ3) is 2.99. The second-order valence-electron chi connectivity index (χ2n) is 4.66. The summed E-state index contributed by atoms with van der Waals surface area (Å²) in [6.45, 7) is 3.62. The molecular weight excluding hydrogens is 278 g/mol. The molecule has 1 aromatic rings. The monoisotopic (exact) mass is 297 g/mol. The van der Waals surface area contributed by atoms with E-state index in [1.165, 1.54) is 25.7 Å². The Morgan fingerprint density at radius 3 is 2.71 bits per heavy atom. The summed E-state index contributed by atoms with van der Waals surface area (Å²) >= 11 is 3.50. The van der Waals surface area contributed by atoms with E-state index in [1.807, 2.05) is 6.92 Å². The van der Waals surface area contributed by atoms with Crippen LogP contribution in [0.5, 0.6) is 0 Å². The average Bonchev–Trinajstić information content (AvgIpc) is 2.83. The van der Waals surface area contributed by atoms with Gasteiger partial charge in [-0.2, -0.15) is 0 Å². The normalized spacial score (nSPS) is 16.4. The van der Waals surface area contributed by atoms with Crippen LogP contribution in [0.2, 0.25) is 0 Å². The van der Waals surface area contributed by atoms with E-state index in [2.05, 4.69) is 37.9 Å². The van der Waals surface area contributed by atoms with Gasteiger partial charge in [0.2, 0.25) is 0 Å². The summed E-state index contributed by atoms with van der Waals surface area (Å²) in [5, 5.41) is 0. The molecule has 4 heteroatoms. The molecular formula is C13H20BrN3. The molecule has 17 heavy (non-hydrogen) atoms. The number of aryl methyl sites for hydroxylation is 1. The van der Waals surface area contributed by atoms with Gasteiger partial charge in [-0.15, -0.1) is 0 Å². The van der Waals surface area contributed by atoms with Crippen LogP contribution in [-0.2, 0) is 0 Å². The molecule has 0 saturated heterocycles. The minimum Gasteiger partial charge on any atom is -0.352 e. The predicted octanol–water partition coefficient (Wildman–Crippen LogP) is 2.86. The Morgan fingerprint density at radius 1 is 1.41 bits per heavy atom. The average molecular weight is 298 g/mol. The Kier molecular flexibility index (Phi) is 4.40. The van der Waals surface area contributed by atoms with Crippen LogP contribution in [0.15, 0.2) is 16.6 Å². The van der Waals surface area contributed by atoms with Gasteiger partial charge in [-0.25, -0.2) is 4.98 Å². The molecule has 1 aromatic heterocycles. The zero-order chi connectivity index (χ0) is 12.3. The summed E-state index contributed by atoms with van der Waals surface area (Å²) in [6.07, 6.45) is 5.22. The first-order chi connectivity index (χ1) is 8.22. The highest BCUT2D eigenvalue weighted by Crippen LogP contribution is 2.28. The quantitative estimate of drug-likeness (QED) is 0.929. The predicted molar refractivity (Wildman–Crippen MR) is 75.3 cm³/mol. The number of hydrogen-bond acceptors (Lipinski definition) is 3. The second kappa shape index (κ2) is 5.83. The summed E-state index contributed by atoms with van der Waals surface area (Å²) in [7, 11) is 0. The van der Waals surface area contributed by atoms with Crippen LogP contribution in [0.4, 0.5) is 5.82 Å². The molecule has 0 radical (unpaired) electrons.